The number of hydrogen-bond acceptors (Lipinski definition) is 2. The first-order valence-corrected chi connectivity index (χ1v) is 5.46. The van der Waals surface area contributed by atoms with Gasteiger partial charge in [0, 0.05) is 19.2 Å². The van der Waals surface area contributed by atoms with Crippen molar-refractivity contribution in [1.29, 1.82) is 0 Å². The summed E-state index contributed by atoms with van der Waals surface area (Å²) in [6.07, 6.45) is 1.94. The summed E-state index contributed by atoms with van der Waals surface area (Å²) in [5.41, 5.74) is 0.910. The fraction of sp³-hybridized carbons (Fsp3) is 0.400. The van der Waals surface area contributed by atoms with Crippen LogP contribution in [0.25, 0.3) is 0 Å². The van der Waals surface area contributed by atoms with Gasteiger partial charge in [0.15, 0.2) is 0 Å². The summed E-state index contributed by atoms with van der Waals surface area (Å²) in [5.74, 6) is 0.647. The third-order valence-electron chi connectivity index (χ3n) is 2.39. The SMILES string of the molecule is Cc1cc(N2CC(Cl)CC2=O)ncc1Cl. The van der Waals surface area contributed by atoms with Crippen LogP contribution in [-0.4, -0.2) is 22.8 Å². The maximum atomic E-state index is 11.5. The number of hydrogen-bond donors (Lipinski definition) is 0. The minimum absolute atomic E-state index is 0.0178. The number of aryl methyl sites for hydroxylation is 1. The molecule has 1 aromatic rings. The van der Waals surface area contributed by atoms with Crippen molar-refractivity contribution in [1.82, 2.24) is 4.98 Å². The Labute approximate surface area is 98.0 Å². The molecule has 15 heavy (non-hydrogen) atoms. The summed E-state index contributed by atoms with van der Waals surface area (Å²) in [5, 5.41) is 0.489. The van der Waals surface area contributed by atoms with E-state index in [1.807, 2.05) is 6.92 Å². The zero-order chi connectivity index (χ0) is 11.0. The quantitative estimate of drug-likeness (QED) is 0.711. The van der Waals surface area contributed by atoms with Crippen molar-refractivity contribution in [2.45, 2.75) is 18.7 Å². The smallest absolute Gasteiger partial charge is 0.229 e. The Hall–Kier alpha value is -0.800. The number of nitrogens with zero attached hydrogens (tertiary/aromatic N) is 2. The van der Waals surface area contributed by atoms with Gasteiger partial charge in [-0.05, 0) is 18.6 Å². The van der Waals surface area contributed by atoms with Crippen LogP contribution >= 0.6 is 23.2 Å². The second-order valence-corrected chi connectivity index (χ2v) is 4.62. The van der Waals surface area contributed by atoms with Crippen LogP contribution in [0.5, 0.6) is 0 Å². The van der Waals surface area contributed by atoms with E-state index in [1.165, 1.54) is 0 Å². The molecule has 0 radical (unpaired) electrons. The van der Waals surface area contributed by atoms with Gasteiger partial charge in [0.1, 0.15) is 5.82 Å². The first kappa shape index (κ1) is 10.7. The van der Waals surface area contributed by atoms with Gasteiger partial charge in [0.2, 0.25) is 5.91 Å². The highest BCUT2D eigenvalue weighted by atomic mass is 35.5. The lowest BCUT2D eigenvalue weighted by atomic mass is 10.3. The van der Waals surface area contributed by atoms with Gasteiger partial charge in [0.05, 0.1) is 10.4 Å². The average Bonchev–Trinajstić information content (AvgIpc) is 2.50. The van der Waals surface area contributed by atoms with Crippen molar-refractivity contribution >= 4 is 34.9 Å². The lowest BCUT2D eigenvalue weighted by molar-refractivity contribution is -0.117. The number of rotatable bonds is 1. The topological polar surface area (TPSA) is 33.2 Å². The van der Waals surface area contributed by atoms with Gasteiger partial charge in [-0.3, -0.25) is 9.69 Å². The Bertz CT molecular complexity index is 408. The number of carbonyl (C=O) groups excluding carboxylic acids is 1. The highest BCUT2D eigenvalue weighted by Crippen LogP contribution is 2.25. The maximum Gasteiger partial charge on any atom is 0.229 e. The molecule has 0 aliphatic carbocycles. The van der Waals surface area contributed by atoms with Crippen LogP contribution in [0.4, 0.5) is 5.82 Å². The van der Waals surface area contributed by atoms with Crippen molar-refractivity contribution in [3.8, 4) is 0 Å². The summed E-state index contributed by atoms with van der Waals surface area (Å²) in [6.45, 7) is 2.40. The predicted molar refractivity (Wildman–Crippen MR) is 60.6 cm³/mol. The van der Waals surface area contributed by atoms with E-state index < -0.39 is 0 Å². The van der Waals surface area contributed by atoms with Crippen LogP contribution in [0.15, 0.2) is 12.3 Å². The minimum Gasteiger partial charge on any atom is -0.295 e. The van der Waals surface area contributed by atoms with Crippen molar-refractivity contribution in [2.24, 2.45) is 0 Å². The molecular formula is C10H10Cl2N2O. The number of anilines is 1. The van der Waals surface area contributed by atoms with Gasteiger partial charge >= 0.3 is 0 Å². The number of halogens is 2. The largest absolute Gasteiger partial charge is 0.295 e. The molecule has 1 amide bonds. The van der Waals surface area contributed by atoms with Gasteiger partial charge < -0.3 is 0 Å². The molecule has 1 aliphatic rings. The molecule has 2 heterocycles. The monoisotopic (exact) mass is 244 g/mol. The van der Waals surface area contributed by atoms with Crippen LogP contribution < -0.4 is 4.90 Å². The summed E-state index contributed by atoms with van der Waals surface area (Å²) in [6, 6.07) is 1.80. The standard InChI is InChI=1S/C10H10Cl2N2O/c1-6-2-9(13-4-8(6)12)14-5-7(11)3-10(14)15/h2,4,7H,3,5H2,1H3. The van der Waals surface area contributed by atoms with Gasteiger partial charge in [-0.15, -0.1) is 11.6 Å². The van der Waals surface area contributed by atoms with E-state index in [2.05, 4.69) is 4.98 Å². The lowest BCUT2D eigenvalue weighted by Gasteiger charge is -2.15. The Balaban J connectivity index is 2.30. The molecule has 5 heteroatoms. The molecule has 0 bridgehead atoms. The molecular weight excluding hydrogens is 235 g/mol. The normalized spacial score (nSPS) is 21.1. The van der Waals surface area contributed by atoms with Gasteiger partial charge in [-0.2, -0.15) is 0 Å². The molecule has 0 saturated carbocycles. The number of pyridine rings is 1. The Kier molecular flexibility index (Phi) is 2.85. The zero-order valence-electron chi connectivity index (χ0n) is 8.20. The third kappa shape index (κ3) is 2.08. The molecule has 1 fully saturated rings. The summed E-state index contributed by atoms with van der Waals surface area (Å²) in [4.78, 5) is 17.3. The first-order valence-electron chi connectivity index (χ1n) is 4.64. The van der Waals surface area contributed by atoms with Gasteiger partial charge in [-0.1, -0.05) is 11.6 Å². The third-order valence-corrected chi connectivity index (χ3v) is 3.07. The Morgan fingerprint density at radius 1 is 1.60 bits per heavy atom. The zero-order valence-corrected chi connectivity index (χ0v) is 9.72. The molecule has 1 unspecified atom stereocenters. The molecule has 80 valence electrons. The number of alkyl halides is 1. The van der Waals surface area contributed by atoms with Crippen molar-refractivity contribution < 1.29 is 4.79 Å². The Morgan fingerprint density at radius 3 is 2.87 bits per heavy atom. The minimum atomic E-state index is -0.115. The fourth-order valence-electron chi connectivity index (χ4n) is 1.56. The maximum absolute atomic E-state index is 11.5. The van der Waals surface area contributed by atoms with E-state index >= 15 is 0 Å². The van der Waals surface area contributed by atoms with Gasteiger partial charge in [0.25, 0.3) is 0 Å². The van der Waals surface area contributed by atoms with E-state index in [1.54, 1.807) is 17.2 Å². The summed E-state index contributed by atoms with van der Waals surface area (Å²) >= 11 is 11.8. The molecule has 2 rings (SSSR count). The fourth-order valence-corrected chi connectivity index (χ4v) is 1.93. The second-order valence-electron chi connectivity index (χ2n) is 3.60. The summed E-state index contributed by atoms with van der Waals surface area (Å²) < 4.78 is 0. The van der Waals surface area contributed by atoms with E-state index in [9.17, 15) is 4.79 Å². The van der Waals surface area contributed by atoms with E-state index in [0.29, 0.717) is 23.8 Å². The molecule has 1 saturated heterocycles. The first-order chi connectivity index (χ1) is 7.08. The predicted octanol–water partition coefficient (Wildman–Crippen LogP) is 2.39. The van der Waals surface area contributed by atoms with Crippen LogP contribution in [0.1, 0.15) is 12.0 Å². The second kappa shape index (κ2) is 3.99. The molecule has 3 nitrogen and oxygen atoms in total. The Morgan fingerprint density at radius 2 is 2.33 bits per heavy atom. The van der Waals surface area contributed by atoms with Gasteiger partial charge in [-0.25, -0.2) is 4.98 Å². The van der Waals surface area contributed by atoms with Crippen molar-refractivity contribution in [3.05, 3.63) is 22.8 Å². The molecule has 0 N–H and O–H groups in total. The van der Waals surface area contributed by atoms with Crippen LogP contribution in [0.3, 0.4) is 0 Å². The van der Waals surface area contributed by atoms with Crippen molar-refractivity contribution in [2.75, 3.05) is 11.4 Å². The highest BCUT2D eigenvalue weighted by molar-refractivity contribution is 6.31. The number of carbonyl (C=O) groups is 1. The molecule has 1 aromatic heterocycles. The van der Waals surface area contributed by atoms with E-state index in [4.69, 9.17) is 23.2 Å². The van der Waals surface area contributed by atoms with Crippen LogP contribution in [0, 0.1) is 6.92 Å². The van der Waals surface area contributed by atoms with Crippen molar-refractivity contribution in [3.63, 3.8) is 0 Å². The van der Waals surface area contributed by atoms with E-state index in [-0.39, 0.29) is 11.3 Å². The number of aromatic nitrogens is 1. The van der Waals surface area contributed by atoms with Crippen LogP contribution in [-0.2, 0) is 4.79 Å². The molecule has 0 aromatic carbocycles. The molecule has 1 atom stereocenters. The highest BCUT2D eigenvalue weighted by Gasteiger charge is 2.29. The lowest BCUT2D eigenvalue weighted by Crippen LogP contribution is -2.25. The van der Waals surface area contributed by atoms with Crippen LogP contribution in [0.2, 0.25) is 5.02 Å². The summed E-state index contributed by atoms with van der Waals surface area (Å²) in [7, 11) is 0. The molecule has 1 aliphatic heterocycles. The average molecular weight is 245 g/mol. The van der Waals surface area contributed by atoms with E-state index in [0.717, 1.165) is 5.56 Å². The number of amides is 1. The molecule has 0 spiro atoms.